The first-order valence-electron chi connectivity index (χ1n) is 7.35. The number of fused-ring (bicyclic) bond motifs is 1. The number of thiophene rings is 1. The lowest BCUT2D eigenvalue weighted by molar-refractivity contribution is 0.0926. The number of hydrogen-bond acceptors (Lipinski definition) is 4. The number of amides is 1. The highest BCUT2D eigenvalue weighted by molar-refractivity contribution is 7.14. The summed E-state index contributed by atoms with van der Waals surface area (Å²) in [5.74, 6) is 0.0733. The molecule has 0 spiro atoms. The number of ether oxygens (including phenoxy) is 1. The third-order valence-electron chi connectivity index (χ3n) is 4.34. The van der Waals surface area contributed by atoms with Crippen LogP contribution in [0.4, 0.5) is 0 Å². The summed E-state index contributed by atoms with van der Waals surface area (Å²) >= 11 is 1.62. The second kappa shape index (κ2) is 5.84. The minimum atomic E-state index is 0.0733. The monoisotopic (exact) mass is 294 g/mol. The van der Waals surface area contributed by atoms with E-state index >= 15 is 0 Å². The normalized spacial score (nSPS) is 21.2. The molecule has 1 fully saturated rings. The molecule has 0 bridgehead atoms. The van der Waals surface area contributed by atoms with Gasteiger partial charge in [0.1, 0.15) is 0 Å². The van der Waals surface area contributed by atoms with Gasteiger partial charge in [-0.15, -0.1) is 11.3 Å². The van der Waals surface area contributed by atoms with Gasteiger partial charge in [-0.1, -0.05) is 6.92 Å². The van der Waals surface area contributed by atoms with Crippen molar-refractivity contribution in [2.75, 3.05) is 26.2 Å². The van der Waals surface area contributed by atoms with E-state index in [0.29, 0.717) is 6.61 Å². The summed E-state index contributed by atoms with van der Waals surface area (Å²) in [5, 5.41) is 6.49. The molecule has 3 heterocycles. The van der Waals surface area contributed by atoms with Gasteiger partial charge < -0.3 is 15.4 Å². The van der Waals surface area contributed by atoms with Gasteiger partial charge in [0.2, 0.25) is 0 Å². The van der Waals surface area contributed by atoms with Gasteiger partial charge in [0, 0.05) is 17.8 Å². The second-order valence-corrected chi connectivity index (χ2v) is 7.24. The topological polar surface area (TPSA) is 50.4 Å². The van der Waals surface area contributed by atoms with Crippen molar-refractivity contribution >= 4 is 17.2 Å². The van der Waals surface area contributed by atoms with Gasteiger partial charge in [0.25, 0.3) is 5.91 Å². The first kappa shape index (κ1) is 14.0. The fraction of sp³-hybridized carbons (Fsp3) is 0.667. The molecule has 2 aliphatic heterocycles. The lowest BCUT2D eigenvalue weighted by atomic mass is 9.81. The summed E-state index contributed by atoms with van der Waals surface area (Å²) in [6, 6.07) is 2.00. The number of carbonyl (C=O) groups excluding carboxylic acids is 1. The Kier molecular flexibility index (Phi) is 4.10. The summed E-state index contributed by atoms with van der Waals surface area (Å²) in [6.45, 7) is 6.57. The molecular formula is C15H22N2O2S. The van der Waals surface area contributed by atoms with Crippen molar-refractivity contribution in [2.24, 2.45) is 5.41 Å². The molecule has 20 heavy (non-hydrogen) atoms. The van der Waals surface area contributed by atoms with Gasteiger partial charge in [-0.05, 0) is 43.0 Å². The number of nitrogens with one attached hydrogen (secondary N) is 2. The quantitative estimate of drug-likeness (QED) is 0.896. The van der Waals surface area contributed by atoms with Gasteiger partial charge in [-0.25, -0.2) is 0 Å². The Morgan fingerprint density at radius 2 is 2.30 bits per heavy atom. The Bertz CT molecular complexity index is 469. The van der Waals surface area contributed by atoms with Crippen molar-refractivity contribution in [3.05, 3.63) is 21.4 Å². The van der Waals surface area contributed by atoms with Crippen molar-refractivity contribution < 1.29 is 9.53 Å². The van der Waals surface area contributed by atoms with Crippen LogP contribution in [0.1, 0.15) is 39.9 Å². The molecule has 5 heteroatoms. The Morgan fingerprint density at radius 1 is 1.50 bits per heavy atom. The maximum Gasteiger partial charge on any atom is 0.261 e. The molecule has 0 saturated carbocycles. The molecule has 4 nitrogen and oxygen atoms in total. The zero-order valence-electron chi connectivity index (χ0n) is 12.0. The highest BCUT2D eigenvalue weighted by Gasteiger charge is 2.27. The molecule has 0 atom stereocenters. The highest BCUT2D eigenvalue weighted by Crippen LogP contribution is 2.29. The van der Waals surface area contributed by atoms with E-state index in [0.717, 1.165) is 50.4 Å². The predicted octanol–water partition coefficient (Wildman–Crippen LogP) is 1.94. The van der Waals surface area contributed by atoms with Crippen molar-refractivity contribution in [2.45, 2.75) is 32.8 Å². The van der Waals surface area contributed by atoms with E-state index in [1.807, 2.05) is 6.07 Å². The molecule has 1 aromatic heterocycles. The van der Waals surface area contributed by atoms with Gasteiger partial charge >= 0.3 is 0 Å². The molecule has 0 radical (unpaired) electrons. The van der Waals surface area contributed by atoms with Crippen LogP contribution in [-0.2, 0) is 17.8 Å². The van der Waals surface area contributed by atoms with E-state index in [1.54, 1.807) is 11.3 Å². The molecule has 0 aromatic carbocycles. The smallest absolute Gasteiger partial charge is 0.261 e. The summed E-state index contributed by atoms with van der Waals surface area (Å²) in [6.07, 6.45) is 3.20. The first-order chi connectivity index (χ1) is 9.66. The van der Waals surface area contributed by atoms with Gasteiger partial charge in [0.05, 0.1) is 18.1 Å². The van der Waals surface area contributed by atoms with E-state index in [1.165, 1.54) is 10.4 Å². The average Bonchev–Trinajstić information content (AvgIpc) is 2.89. The molecule has 1 aromatic rings. The molecule has 0 aliphatic carbocycles. The maximum atomic E-state index is 12.3. The lowest BCUT2D eigenvalue weighted by Gasteiger charge is -2.34. The third-order valence-corrected chi connectivity index (χ3v) is 5.57. The van der Waals surface area contributed by atoms with E-state index in [2.05, 4.69) is 17.6 Å². The van der Waals surface area contributed by atoms with Crippen molar-refractivity contribution in [1.29, 1.82) is 0 Å². The number of hydrogen-bond donors (Lipinski definition) is 2. The van der Waals surface area contributed by atoms with Crippen LogP contribution in [0.5, 0.6) is 0 Å². The average molecular weight is 294 g/mol. The predicted molar refractivity (Wildman–Crippen MR) is 80.2 cm³/mol. The maximum absolute atomic E-state index is 12.3. The minimum Gasteiger partial charge on any atom is -0.376 e. The van der Waals surface area contributed by atoms with Gasteiger partial charge in [-0.2, -0.15) is 0 Å². The molecular weight excluding hydrogens is 272 g/mol. The largest absolute Gasteiger partial charge is 0.376 e. The van der Waals surface area contributed by atoms with Crippen molar-refractivity contribution in [3.63, 3.8) is 0 Å². The SMILES string of the molecule is CC1(CNC(=O)c2cc3c(s2)CCOC3)CCNCC1. The van der Waals surface area contributed by atoms with Crippen LogP contribution < -0.4 is 10.6 Å². The molecule has 2 N–H and O–H groups in total. The minimum absolute atomic E-state index is 0.0733. The van der Waals surface area contributed by atoms with Gasteiger partial charge in [0.15, 0.2) is 0 Å². The van der Waals surface area contributed by atoms with Crippen LogP contribution in [0.25, 0.3) is 0 Å². The summed E-state index contributed by atoms with van der Waals surface area (Å²) in [7, 11) is 0. The van der Waals surface area contributed by atoms with Crippen LogP contribution >= 0.6 is 11.3 Å². The zero-order chi connectivity index (χ0) is 14.0. The molecule has 3 rings (SSSR count). The first-order valence-corrected chi connectivity index (χ1v) is 8.16. The molecule has 1 amide bonds. The van der Waals surface area contributed by atoms with Crippen molar-refractivity contribution in [1.82, 2.24) is 10.6 Å². The van der Waals surface area contributed by atoms with Gasteiger partial charge in [-0.3, -0.25) is 4.79 Å². The van der Waals surface area contributed by atoms with Crippen LogP contribution in [0.3, 0.4) is 0 Å². The van der Waals surface area contributed by atoms with E-state index in [-0.39, 0.29) is 11.3 Å². The molecule has 1 saturated heterocycles. The second-order valence-electron chi connectivity index (χ2n) is 6.10. The van der Waals surface area contributed by atoms with E-state index < -0.39 is 0 Å². The molecule has 110 valence electrons. The summed E-state index contributed by atoms with van der Waals surface area (Å²) in [4.78, 5) is 14.4. The standard InChI is InChI=1S/C15H22N2O2S/c1-15(3-5-16-6-4-15)10-17-14(18)13-8-11-9-19-7-2-12(11)20-13/h8,16H,2-7,9-10H2,1H3,(H,17,18). The molecule has 2 aliphatic rings. The highest BCUT2D eigenvalue weighted by atomic mass is 32.1. The fourth-order valence-corrected chi connectivity index (χ4v) is 3.91. The van der Waals surface area contributed by atoms with Crippen LogP contribution in [0.2, 0.25) is 0 Å². The van der Waals surface area contributed by atoms with Crippen molar-refractivity contribution in [3.8, 4) is 0 Å². The third kappa shape index (κ3) is 3.05. The van der Waals surface area contributed by atoms with Crippen LogP contribution in [-0.4, -0.2) is 32.1 Å². The van der Waals surface area contributed by atoms with Crippen LogP contribution in [0, 0.1) is 5.41 Å². The lowest BCUT2D eigenvalue weighted by Crippen LogP contribution is -2.42. The Balaban J connectivity index is 1.60. The van der Waals surface area contributed by atoms with E-state index in [9.17, 15) is 4.79 Å². The Hall–Kier alpha value is -0.910. The zero-order valence-corrected chi connectivity index (χ0v) is 12.8. The summed E-state index contributed by atoms with van der Waals surface area (Å²) in [5.41, 5.74) is 1.43. The number of rotatable bonds is 3. The fourth-order valence-electron chi connectivity index (χ4n) is 2.85. The number of piperidine rings is 1. The molecule has 0 unspecified atom stereocenters. The Morgan fingerprint density at radius 3 is 3.05 bits per heavy atom. The summed E-state index contributed by atoms with van der Waals surface area (Å²) < 4.78 is 5.43. The van der Waals surface area contributed by atoms with E-state index in [4.69, 9.17) is 4.74 Å². The Labute approximate surface area is 123 Å². The number of carbonyl (C=O) groups is 1. The van der Waals surface area contributed by atoms with Crippen LogP contribution in [0.15, 0.2) is 6.07 Å².